The molecule has 0 saturated carbocycles. The number of thiophene rings is 1. The molecule has 1 aromatic heterocycles. The molecule has 2 nitrogen and oxygen atoms in total. The van der Waals surface area contributed by atoms with Crippen LogP contribution in [0.5, 0.6) is 0 Å². The Morgan fingerprint density at radius 3 is 3.00 bits per heavy atom. The normalized spacial score (nSPS) is 22.0. The van der Waals surface area contributed by atoms with Gasteiger partial charge in [-0.25, -0.2) is 0 Å². The van der Waals surface area contributed by atoms with Gasteiger partial charge in [-0.2, -0.15) is 0 Å². The number of benzene rings is 1. The van der Waals surface area contributed by atoms with Crippen molar-refractivity contribution in [3.05, 3.63) is 56.2 Å². The fourth-order valence-electron chi connectivity index (χ4n) is 2.56. The van der Waals surface area contributed by atoms with Crippen LogP contribution in [0.4, 0.5) is 0 Å². The topological polar surface area (TPSA) is 26.3 Å². The van der Waals surface area contributed by atoms with Crippen molar-refractivity contribution < 1.29 is 9.53 Å². The molecule has 1 unspecified atom stereocenters. The Kier molecular flexibility index (Phi) is 3.21. The van der Waals surface area contributed by atoms with Crippen LogP contribution in [-0.4, -0.2) is 12.9 Å². The van der Waals surface area contributed by atoms with Gasteiger partial charge in [0.2, 0.25) is 0 Å². The number of halogens is 1. The Morgan fingerprint density at radius 2 is 2.26 bits per heavy atom. The van der Waals surface area contributed by atoms with Gasteiger partial charge >= 0.3 is 0 Å². The molecule has 0 aliphatic carbocycles. The van der Waals surface area contributed by atoms with Crippen LogP contribution in [0.3, 0.4) is 0 Å². The third-order valence-electron chi connectivity index (χ3n) is 3.63. The molecule has 2 aromatic rings. The van der Waals surface area contributed by atoms with E-state index in [1.165, 1.54) is 16.9 Å². The van der Waals surface area contributed by atoms with Crippen molar-refractivity contribution in [1.29, 1.82) is 0 Å². The number of aldehydes is 1. The molecule has 19 heavy (non-hydrogen) atoms. The van der Waals surface area contributed by atoms with Crippen molar-refractivity contribution in [3.63, 3.8) is 0 Å². The average Bonchev–Trinajstić information content (AvgIpc) is 2.89. The number of ether oxygens (including phenoxy) is 1. The van der Waals surface area contributed by atoms with E-state index < -0.39 is 5.60 Å². The number of carbonyl (C=O) groups is 1. The average molecular weight is 293 g/mol. The van der Waals surface area contributed by atoms with Gasteiger partial charge in [-0.05, 0) is 53.6 Å². The summed E-state index contributed by atoms with van der Waals surface area (Å²) in [4.78, 5) is 11.6. The minimum atomic E-state index is -0.518. The van der Waals surface area contributed by atoms with Gasteiger partial charge in [0.1, 0.15) is 5.60 Å². The molecule has 1 aromatic carbocycles. The Morgan fingerprint density at radius 1 is 1.42 bits per heavy atom. The quantitative estimate of drug-likeness (QED) is 0.781. The van der Waals surface area contributed by atoms with Gasteiger partial charge < -0.3 is 4.74 Å². The van der Waals surface area contributed by atoms with Crippen molar-refractivity contribution >= 4 is 29.2 Å². The highest BCUT2D eigenvalue weighted by Crippen LogP contribution is 2.41. The molecule has 0 amide bonds. The number of hydrogen-bond acceptors (Lipinski definition) is 3. The second kappa shape index (κ2) is 4.75. The molecule has 4 heteroatoms. The van der Waals surface area contributed by atoms with E-state index in [0.29, 0.717) is 16.5 Å². The van der Waals surface area contributed by atoms with Crippen LogP contribution >= 0.6 is 22.9 Å². The highest BCUT2D eigenvalue weighted by Gasteiger charge is 2.35. The van der Waals surface area contributed by atoms with Crippen molar-refractivity contribution in [1.82, 2.24) is 0 Å². The monoisotopic (exact) mass is 292 g/mol. The SMILES string of the molecule is CC1(c2csc(C=O)c2)OCCc2ccc(Cl)cc21. The molecule has 1 atom stereocenters. The summed E-state index contributed by atoms with van der Waals surface area (Å²) in [7, 11) is 0. The molecular weight excluding hydrogens is 280 g/mol. The summed E-state index contributed by atoms with van der Waals surface area (Å²) in [6.07, 6.45) is 1.77. The Hall–Kier alpha value is -1.16. The van der Waals surface area contributed by atoms with Gasteiger partial charge in [-0.1, -0.05) is 17.7 Å². The van der Waals surface area contributed by atoms with E-state index in [0.717, 1.165) is 23.8 Å². The minimum Gasteiger partial charge on any atom is -0.365 e. The zero-order chi connectivity index (χ0) is 13.5. The lowest BCUT2D eigenvalue weighted by atomic mass is 9.83. The van der Waals surface area contributed by atoms with Gasteiger partial charge in [0.15, 0.2) is 6.29 Å². The Bertz CT molecular complexity index is 635. The standard InChI is InChI=1S/C15H13ClO2S/c1-15(11-6-13(8-17)19-9-11)14-7-12(16)3-2-10(14)4-5-18-15/h2-3,6-9H,4-5H2,1H3. The molecule has 3 rings (SSSR count). The zero-order valence-electron chi connectivity index (χ0n) is 10.5. The summed E-state index contributed by atoms with van der Waals surface area (Å²) in [6, 6.07) is 7.84. The minimum absolute atomic E-state index is 0.518. The van der Waals surface area contributed by atoms with E-state index in [2.05, 4.69) is 6.07 Å². The largest absolute Gasteiger partial charge is 0.365 e. The summed E-state index contributed by atoms with van der Waals surface area (Å²) in [5.41, 5.74) is 2.86. The highest BCUT2D eigenvalue weighted by molar-refractivity contribution is 7.11. The molecule has 0 fully saturated rings. The van der Waals surface area contributed by atoms with E-state index in [4.69, 9.17) is 16.3 Å². The summed E-state index contributed by atoms with van der Waals surface area (Å²) in [5.74, 6) is 0. The van der Waals surface area contributed by atoms with Crippen LogP contribution in [0.1, 0.15) is 33.3 Å². The van der Waals surface area contributed by atoms with Crippen LogP contribution in [-0.2, 0) is 16.8 Å². The van der Waals surface area contributed by atoms with Crippen molar-refractivity contribution in [2.75, 3.05) is 6.61 Å². The Labute approximate surface area is 121 Å². The van der Waals surface area contributed by atoms with E-state index in [9.17, 15) is 4.79 Å². The van der Waals surface area contributed by atoms with Gasteiger partial charge in [-0.15, -0.1) is 11.3 Å². The Balaban J connectivity index is 2.15. The predicted molar refractivity (Wildman–Crippen MR) is 77.3 cm³/mol. The molecular formula is C15H13ClO2S. The maximum Gasteiger partial charge on any atom is 0.160 e. The van der Waals surface area contributed by atoms with E-state index >= 15 is 0 Å². The molecule has 0 N–H and O–H groups in total. The fraction of sp³-hybridized carbons (Fsp3) is 0.267. The van der Waals surface area contributed by atoms with Gasteiger partial charge in [-0.3, -0.25) is 4.79 Å². The summed E-state index contributed by atoms with van der Waals surface area (Å²) < 4.78 is 6.02. The zero-order valence-corrected chi connectivity index (χ0v) is 12.1. The van der Waals surface area contributed by atoms with Crippen LogP contribution in [0.25, 0.3) is 0 Å². The maximum atomic E-state index is 10.9. The second-order valence-corrected chi connectivity index (χ2v) is 6.17. The van der Waals surface area contributed by atoms with Crippen molar-refractivity contribution in [3.8, 4) is 0 Å². The molecule has 2 heterocycles. The summed E-state index contributed by atoms with van der Waals surface area (Å²) >= 11 is 7.55. The van der Waals surface area contributed by atoms with Gasteiger partial charge in [0.05, 0.1) is 11.5 Å². The number of carbonyl (C=O) groups excluding carboxylic acids is 1. The smallest absolute Gasteiger partial charge is 0.160 e. The number of rotatable bonds is 2. The molecule has 0 saturated heterocycles. The summed E-state index contributed by atoms with van der Waals surface area (Å²) in [6.45, 7) is 2.72. The van der Waals surface area contributed by atoms with Crippen LogP contribution in [0.2, 0.25) is 5.02 Å². The predicted octanol–water partition coefficient (Wildman–Crippen LogP) is 4.05. The highest BCUT2D eigenvalue weighted by atomic mass is 35.5. The van der Waals surface area contributed by atoms with Crippen molar-refractivity contribution in [2.24, 2.45) is 0 Å². The van der Waals surface area contributed by atoms with Crippen molar-refractivity contribution in [2.45, 2.75) is 18.9 Å². The molecule has 0 bridgehead atoms. The second-order valence-electron chi connectivity index (χ2n) is 4.79. The first-order valence-electron chi connectivity index (χ1n) is 6.10. The first-order chi connectivity index (χ1) is 9.13. The molecule has 0 radical (unpaired) electrons. The lowest BCUT2D eigenvalue weighted by Gasteiger charge is -2.36. The molecule has 98 valence electrons. The van der Waals surface area contributed by atoms with Crippen LogP contribution < -0.4 is 0 Å². The van der Waals surface area contributed by atoms with Crippen LogP contribution in [0.15, 0.2) is 29.6 Å². The van der Waals surface area contributed by atoms with Gasteiger partial charge in [0, 0.05) is 5.02 Å². The van der Waals surface area contributed by atoms with E-state index in [1.807, 2.05) is 30.5 Å². The summed E-state index contributed by atoms with van der Waals surface area (Å²) in [5, 5.41) is 2.70. The molecule has 1 aliphatic rings. The van der Waals surface area contributed by atoms with Gasteiger partial charge in [0.25, 0.3) is 0 Å². The lowest BCUT2D eigenvalue weighted by molar-refractivity contribution is -0.0138. The van der Waals surface area contributed by atoms with E-state index in [-0.39, 0.29) is 0 Å². The lowest BCUT2D eigenvalue weighted by Crippen LogP contribution is -2.33. The third-order valence-corrected chi connectivity index (χ3v) is 4.73. The molecule has 0 spiro atoms. The first kappa shape index (κ1) is 12.9. The first-order valence-corrected chi connectivity index (χ1v) is 7.36. The fourth-order valence-corrected chi connectivity index (χ4v) is 3.54. The third kappa shape index (κ3) is 2.12. The van der Waals surface area contributed by atoms with Crippen LogP contribution in [0, 0.1) is 0 Å². The number of hydrogen-bond donors (Lipinski definition) is 0. The van der Waals surface area contributed by atoms with E-state index in [1.54, 1.807) is 0 Å². The molecule has 1 aliphatic heterocycles. The maximum absolute atomic E-state index is 10.9. The number of fused-ring (bicyclic) bond motifs is 1.